The lowest BCUT2D eigenvalue weighted by Crippen LogP contribution is -2.65. The zero-order valence-corrected chi connectivity index (χ0v) is 12.2. The number of hydrogen-bond donors (Lipinski definition) is 2. The van der Waals surface area contributed by atoms with Crippen molar-refractivity contribution in [2.24, 2.45) is 0 Å². The average molecular weight is 290 g/mol. The maximum absolute atomic E-state index is 9.69. The summed E-state index contributed by atoms with van der Waals surface area (Å²) in [6.45, 7) is 6.34. The summed E-state index contributed by atoms with van der Waals surface area (Å²) in [6.07, 6.45) is -2.25. The normalized spacial score (nSPS) is 44.1. The van der Waals surface area contributed by atoms with Crippen LogP contribution in [0.4, 0.5) is 0 Å². The van der Waals surface area contributed by atoms with Gasteiger partial charge in [-0.15, -0.1) is 0 Å². The van der Waals surface area contributed by atoms with Crippen molar-refractivity contribution in [2.45, 2.75) is 69.5 Å². The molecular weight excluding hydrogens is 268 g/mol. The van der Waals surface area contributed by atoms with E-state index in [1.807, 2.05) is 0 Å². The molecule has 0 aromatic carbocycles. The molecule has 3 aliphatic heterocycles. The first-order valence-electron chi connectivity index (χ1n) is 6.83. The van der Waals surface area contributed by atoms with E-state index in [9.17, 15) is 10.2 Å². The van der Waals surface area contributed by atoms with Gasteiger partial charge < -0.3 is 33.9 Å². The maximum Gasteiger partial charge on any atom is 0.190 e. The minimum absolute atomic E-state index is 0.392. The van der Waals surface area contributed by atoms with Crippen LogP contribution in [0, 0.1) is 0 Å². The smallest absolute Gasteiger partial charge is 0.190 e. The number of fused-ring (bicyclic) bond motifs is 3. The van der Waals surface area contributed by atoms with Gasteiger partial charge in [-0.25, -0.2) is 0 Å². The first-order chi connectivity index (χ1) is 9.22. The van der Waals surface area contributed by atoms with Crippen LogP contribution in [0.5, 0.6) is 0 Å². The van der Waals surface area contributed by atoms with E-state index in [-0.39, 0.29) is 0 Å². The summed E-state index contributed by atoms with van der Waals surface area (Å²) in [5.41, 5.74) is -1.26. The van der Waals surface area contributed by atoms with Gasteiger partial charge in [0, 0.05) is 0 Å². The van der Waals surface area contributed by atoms with Crippen molar-refractivity contribution in [3.63, 3.8) is 0 Å². The van der Waals surface area contributed by atoms with E-state index in [1.54, 1.807) is 27.7 Å². The Bertz CT molecular complexity index is 390. The monoisotopic (exact) mass is 290 g/mol. The van der Waals surface area contributed by atoms with Crippen LogP contribution >= 0.6 is 0 Å². The van der Waals surface area contributed by atoms with Crippen LogP contribution in [0.1, 0.15) is 27.7 Å². The highest BCUT2D eigenvalue weighted by molar-refractivity contribution is 5.07. The standard InChI is InChI=1S/C13H22O7/c1-11(2)16-7-8-10(19-12(3,4)17-8)20-13(5-14,6-15)9(7)18-11/h7-10,14-15H,5-6H2,1-4H3/t7-,8-,9-,10+/m1/s1. The summed E-state index contributed by atoms with van der Waals surface area (Å²) in [4.78, 5) is 0. The number of rotatable bonds is 2. The van der Waals surface area contributed by atoms with Crippen LogP contribution < -0.4 is 0 Å². The molecule has 0 aromatic heterocycles. The molecule has 0 unspecified atom stereocenters. The molecule has 4 atom stereocenters. The number of aliphatic hydroxyl groups is 2. The summed E-state index contributed by atoms with van der Waals surface area (Å²) < 4.78 is 29.0. The zero-order chi connectivity index (χ0) is 14.8. The van der Waals surface area contributed by atoms with Gasteiger partial charge in [0.15, 0.2) is 17.9 Å². The lowest BCUT2D eigenvalue weighted by molar-refractivity contribution is -0.294. The predicted molar refractivity (Wildman–Crippen MR) is 65.6 cm³/mol. The molecule has 0 spiro atoms. The summed E-state index contributed by atoms with van der Waals surface area (Å²) in [6, 6.07) is 0. The molecule has 3 rings (SSSR count). The van der Waals surface area contributed by atoms with Crippen LogP contribution in [0.3, 0.4) is 0 Å². The molecule has 116 valence electrons. The Hall–Kier alpha value is -0.280. The van der Waals surface area contributed by atoms with Crippen molar-refractivity contribution in [3.05, 3.63) is 0 Å². The predicted octanol–water partition coefficient (Wildman–Crippen LogP) is -0.262. The fourth-order valence-corrected chi connectivity index (χ4v) is 3.11. The molecule has 3 heterocycles. The Morgan fingerprint density at radius 2 is 1.30 bits per heavy atom. The third-order valence-corrected chi connectivity index (χ3v) is 3.95. The van der Waals surface area contributed by atoms with Gasteiger partial charge in [-0.3, -0.25) is 0 Å². The minimum Gasteiger partial charge on any atom is -0.393 e. The van der Waals surface area contributed by atoms with Crippen molar-refractivity contribution in [1.29, 1.82) is 0 Å². The fourth-order valence-electron chi connectivity index (χ4n) is 3.11. The van der Waals surface area contributed by atoms with Gasteiger partial charge in [0.1, 0.15) is 23.9 Å². The molecule has 0 radical (unpaired) electrons. The van der Waals surface area contributed by atoms with Crippen LogP contribution in [0.25, 0.3) is 0 Å². The quantitative estimate of drug-likeness (QED) is 0.724. The minimum atomic E-state index is -1.26. The molecule has 0 aromatic rings. The largest absolute Gasteiger partial charge is 0.393 e. The van der Waals surface area contributed by atoms with E-state index in [4.69, 9.17) is 23.7 Å². The third kappa shape index (κ3) is 2.09. The third-order valence-electron chi connectivity index (χ3n) is 3.95. The lowest BCUT2D eigenvalue weighted by Gasteiger charge is -2.44. The Kier molecular flexibility index (Phi) is 3.19. The molecule has 0 saturated carbocycles. The second kappa shape index (κ2) is 4.36. The van der Waals surface area contributed by atoms with Crippen LogP contribution in [0.2, 0.25) is 0 Å². The Labute approximate surface area is 117 Å². The van der Waals surface area contributed by atoms with E-state index in [2.05, 4.69) is 0 Å². The molecule has 20 heavy (non-hydrogen) atoms. The summed E-state index contributed by atoms with van der Waals surface area (Å²) >= 11 is 0. The molecule has 3 fully saturated rings. The molecule has 3 saturated heterocycles. The molecule has 0 bridgehead atoms. The fraction of sp³-hybridized carbons (Fsp3) is 1.00. The van der Waals surface area contributed by atoms with Crippen molar-refractivity contribution in [3.8, 4) is 0 Å². The molecule has 0 aliphatic carbocycles. The van der Waals surface area contributed by atoms with Crippen LogP contribution in [-0.2, 0) is 23.7 Å². The topological polar surface area (TPSA) is 86.6 Å². The highest BCUT2D eigenvalue weighted by Gasteiger charge is 2.65. The first kappa shape index (κ1) is 14.6. The van der Waals surface area contributed by atoms with Gasteiger partial charge in [-0.2, -0.15) is 0 Å². The summed E-state index contributed by atoms with van der Waals surface area (Å²) in [5.74, 6) is -1.64. The van der Waals surface area contributed by atoms with Gasteiger partial charge in [0.25, 0.3) is 0 Å². The second-order valence-electron chi connectivity index (χ2n) is 6.49. The molecule has 7 nitrogen and oxygen atoms in total. The van der Waals surface area contributed by atoms with Gasteiger partial charge >= 0.3 is 0 Å². The van der Waals surface area contributed by atoms with Crippen molar-refractivity contribution in [2.75, 3.05) is 13.2 Å². The SMILES string of the molecule is CC1(C)O[C@H]2OC(CO)(CO)[C@@H]3OC(C)(C)O[C@@H]3[C@H]2O1. The van der Waals surface area contributed by atoms with E-state index in [0.29, 0.717) is 0 Å². The number of aliphatic hydroxyl groups excluding tert-OH is 2. The summed E-state index contributed by atoms with van der Waals surface area (Å²) in [7, 11) is 0. The van der Waals surface area contributed by atoms with E-state index >= 15 is 0 Å². The Balaban J connectivity index is 1.96. The van der Waals surface area contributed by atoms with Crippen molar-refractivity contribution in [1.82, 2.24) is 0 Å². The Morgan fingerprint density at radius 1 is 0.750 bits per heavy atom. The van der Waals surface area contributed by atoms with Gasteiger partial charge in [-0.05, 0) is 27.7 Å². The van der Waals surface area contributed by atoms with Crippen molar-refractivity contribution >= 4 is 0 Å². The van der Waals surface area contributed by atoms with Gasteiger partial charge in [0.2, 0.25) is 0 Å². The number of hydrogen-bond acceptors (Lipinski definition) is 7. The van der Waals surface area contributed by atoms with Crippen molar-refractivity contribution < 1.29 is 33.9 Å². The highest BCUT2D eigenvalue weighted by atomic mass is 16.9. The molecule has 0 amide bonds. The highest BCUT2D eigenvalue weighted by Crippen LogP contribution is 2.47. The lowest BCUT2D eigenvalue weighted by atomic mass is 9.88. The average Bonchev–Trinajstić information content (AvgIpc) is 2.83. The van der Waals surface area contributed by atoms with E-state index < -0.39 is 55.0 Å². The number of ether oxygens (including phenoxy) is 5. The van der Waals surface area contributed by atoms with Gasteiger partial charge in [0.05, 0.1) is 13.2 Å². The Morgan fingerprint density at radius 3 is 1.90 bits per heavy atom. The van der Waals surface area contributed by atoms with Crippen LogP contribution in [-0.4, -0.2) is 65.2 Å². The first-order valence-corrected chi connectivity index (χ1v) is 6.83. The van der Waals surface area contributed by atoms with Crippen LogP contribution in [0.15, 0.2) is 0 Å². The molecular formula is C13H22O7. The van der Waals surface area contributed by atoms with Gasteiger partial charge in [-0.1, -0.05) is 0 Å². The summed E-state index contributed by atoms with van der Waals surface area (Å²) in [5, 5.41) is 19.4. The molecule has 7 heteroatoms. The van der Waals surface area contributed by atoms with E-state index in [1.165, 1.54) is 0 Å². The maximum atomic E-state index is 9.69. The zero-order valence-electron chi connectivity index (χ0n) is 12.2. The molecule has 3 aliphatic rings. The second-order valence-corrected chi connectivity index (χ2v) is 6.49. The van der Waals surface area contributed by atoms with E-state index in [0.717, 1.165) is 0 Å². The molecule has 2 N–H and O–H groups in total.